The highest BCUT2D eigenvalue weighted by Gasteiger charge is 2.73. The van der Waals surface area contributed by atoms with Gasteiger partial charge in [0, 0.05) is 18.3 Å². The van der Waals surface area contributed by atoms with Gasteiger partial charge in [-0.25, -0.2) is 0 Å². The van der Waals surface area contributed by atoms with E-state index in [2.05, 4.69) is 13.8 Å². The highest BCUT2D eigenvalue weighted by atomic mass is 19.4. The van der Waals surface area contributed by atoms with E-state index in [0.29, 0.717) is 37.4 Å². The van der Waals surface area contributed by atoms with Crippen molar-refractivity contribution in [1.82, 2.24) is 0 Å². The van der Waals surface area contributed by atoms with E-state index in [1.54, 1.807) is 6.92 Å². The lowest BCUT2D eigenvalue weighted by atomic mass is 9.40. The first-order valence-corrected chi connectivity index (χ1v) is 10.2. The molecule has 2 nitrogen and oxygen atoms in total. The molecular weight excluding hydrogens is 341 g/mol. The number of rotatable bonds is 0. The molecular formula is C21H31F3O2. The van der Waals surface area contributed by atoms with Crippen LogP contribution < -0.4 is 0 Å². The minimum Gasteiger partial charge on any atom is -0.380 e. The van der Waals surface area contributed by atoms with Crippen LogP contribution in [0.3, 0.4) is 0 Å². The number of aliphatic hydroxyl groups is 1. The number of fused-ring (bicyclic) bond motifs is 5. The van der Waals surface area contributed by atoms with Crippen molar-refractivity contribution < 1.29 is 23.1 Å². The average molecular weight is 372 g/mol. The molecule has 4 rings (SSSR count). The van der Waals surface area contributed by atoms with E-state index in [0.717, 1.165) is 25.7 Å². The predicted octanol–water partition coefficient (Wildman–Crippen LogP) is 5.28. The molecule has 3 unspecified atom stereocenters. The van der Waals surface area contributed by atoms with E-state index in [9.17, 15) is 23.1 Å². The summed E-state index contributed by atoms with van der Waals surface area (Å²) < 4.78 is 41.2. The highest BCUT2D eigenvalue weighted by Crippen LogP contribution is 2.72. The molecule has 0 aliphatic heterocycles. The van der Waals surface area contributed by atoms with Crippen LogP contribution in [0, 0.1) is 34.0 Å². The lowest BCUT2D eigenvalue weighted by Crippen LogP contribution is -2.62. The van der Waals surface area contributed by atoms with Crippen LogP contribution in [0.1, 0.15) is 78.6 Å². The number of ketones is 1. The number of hydrogen-bond acceptors (Lipinski definition) is 2. The van der Waals surface area contributed by atoms with Crippen molar-refractivity contribution >= 4 is 5.78 Å². The Hall–Kier alpha value is -0.580. The van der Waals surface area contributed by atoms with Crippen molar-refractivity contribution in [2.24, 2.45) is 34.0 Å². The Morgan fingerprint density at radius 2 is 1.54 bits per heavy atom. The second-order valence-corrected chi connectivity index (χ2v) is 10.5. The summed E-state index contributed by atoms with van der Waals surface area (Å²) in [4.78, 5) is 12.1. The van der Waals surface area contributed by atoms with E-state index in [4.69, 9.17) is 0 Å². The molecule has 0 heterocycles. The van der Waals surface area contributed by atoms with Crippen molar-refractivity contribution in [1.29, 1.82) is 0 Å². The molecule has 0 aromatic rings. The molecule has 7 atom stereocenters. The van der Waals surface area contributed by atoms with Gasteiger partial charge in [0.1, 0.15) is 5.78 Å². The molecule has 26 heavy (non-hydrogen) atoms. The van der Waals surface area contributed by atoms with E-state index in [1.807, 2.05) is 0 Å². The fraction of sp³-hybridized carbons (Fsp3) is 0.952. The Balaban J connectivity index is 1.69. The third-order valence-corrected chi connectivity index (χ3v) is 9.79. The van der Waals surface area contributed by atoms with Crippen molar-refractivity contribution in [2.45, 2.75) is 90.3 Å². The van der Waals surface area contributed by atoms with Crippen LogP contribution in [0.4, 0.5) is 13.2 Å². The fourth-order valence-corrected chi connectivity index (χ4v) is 7.88. The van der Waals surface area contributed by atoms with Gasteiger partial charge in [0.15, 0.2) is 5.60 Å². The summed E-state index contributed by atoms with van der Waals surface area (Å²) in [6.07, 6.45) is 0.873. The Bertz CT molecular complexity index is 631. The third kappa shape index (κ3) is 2.07. The lowest BCUT2D eigenvalue weighted by molar-refractivity contribution is -0.305. The van der Waals surface area contributed by atoms with Crippen molar-refractivity contribution in [3.05, 3.63) is 0 Å². The van der Waals surface area contributed by atoms with Crippen LogP contribution >= 0.6 is 0 Å². The van der Waals surface area contributed by atoms with Gasteiger partial charge in [-0.1, -0.05) is 20.8 Å². The van der Waals surface area contributed by atoms with E-state index in [1.165, 1.54) is 0 Å². The molecule has 0 aromatic carbocycles. The van der Waals surface area contributed by atoms with Gasteiger partial charge in [-0.2, -0.15) is 13.2 Å². The van der Waals surface area contributed by atoms with Crippen LogP contribution in [0.2, 0.25) is 0 Å². The van der Waals surface area contributed by atoms with Gasteiger partial charge in [-0.05, 0) is 73.5 Å². The zero-order chi connectivity index (χ0) is 19.2. The number of halogens is 3. The van der Waals surface area contributed by atoms with Crippen LogP contribution in [-0.2, 0) is 4.79 Å². The van der Waals surface area contributed by atoms with Crippen molar-refractivity contribution in [2.75, 3.05) is 0 Å². The Morgan fingerprint density at radius 3 is 2.19 bits per heavy atom. The van der Waals surface area contributed by atoms with Crippen molar-refractivity contribution in [3.63, 3.8) is 0 Å². The van der Waals surface area contributed by atoms with Gasteiger partial charge in [0.25, 0.3) is 0 Å². The lowest BCUT2D eigenvalue weighted by Gasteiger charge is -2.64. The summed E-state index contributed by atoms with van der Waals surface area (Å²) in [5.74, 6) is 0.905. The van der Waals surface area contributed by atoms with E-state index in [-0.39, 0.29) is 29.1 Å². The normalized spacial score (nSPS) is 54.4. The van der Waals surface area contributed by atoms with Crippen LogP contribution in [0.15, 0.2) is 0 Å². The van der Waals surface area contributed by atoms with E-state index >= 15 is 0 Å². The zero-order valence-corrected chi connectivity index (χ0v) is 16.1. The van der Waals surface area contributed by atoms with Crippen LogP contribution in [-0.4, -0.2) is 22.7 Å². The standard InChI is InChI=1S/C21H31F3O2/c1-17-8-5-14-15(18(17,2)9-4-13(25)12-17)6-10-19(3)16(14)7-11-20(19,26)21(22,23)24/h14-16,26H,4-12H2,1-3H3/t14?,15?,16?,17-,18-,19+,20+/m1/s1. The molecule has 0 radical (unpaired) electrons. The predicted molar refractivity (Wildman–Crippen MR) is 92.4 cm³/mol. The first-order chi connectivity index (χ1) is 11.9. The highest BCUT2D eigenvalue weighted by molar-refractivity contribution is 5.80. The molecule has 5 heteroatoms. The molecule has 1 N–H and O–H groups in total. The maximum Gasteiger partial charge on any atom is 0.417 e. The quantitative estimate of drug-likeness (QED) is 0.628. The summed E-state index contributed by atoms with van der Waals surface area (Å²) >= 11 is 0. The number of carbonyl (C=O) groups excluding carboxylic acids is 1. The SMILES string of the molecule is C[C@]12CCC3C4CC[C@@](O)(C(F)(F)F)[C@@]4(C)CCC3[C@@]1(C)CCC(=O)C2. The monoisotopic (exact) mass is 372 g/mol. The smallest absolute Gasteiger partial charge is 0.380 e. The first kappa shape index (κ1) is 18.8. The molecule has 0 bridgehead atoms. The topological polar surface area (TPSA) is 37.3 Å². The largest absolute Gasteiger partial charge is 0.417 e. The summed E-state index contributed by atoms with van der Waals surface area (Å²) in [6.45, 7) is 6.22. The van der Waals surface area contributed by atoms with Gasteiger partial charge in [0.2, 0.25) is 0 Å². The number of Topliss-reactive ketones (excluding diaryl/α,β-unsaturated/α-hetero) is 1. The minimum absolute atomic E-state index is 0.0177. The molecule has 4 fully saturated rings. The Morgan fingerprint density at radius 1 is 0.923 bits per heavy atom. The summed E-state index contributed by atoms with van der Waals surface area (Å²) in [5.41, 5.74) is -3.60. The Kier molecular flexibility index (Phi) is 3.80. The zero-order valence-electron chi connectivity index (χ0n) is 16.1. The summed E-state index contributed by atoms with van der Waals surface area (Å²) in [5, 5.41) is 10.7. The van der Waals surface area contributed by atoms with Crippen LogP contribution in [0.5, 0.6) is 0 Å². The van der Waals surface area contributed by atoms with Gasteiger partial charge in [0.05, 0.1) is 0 Å². The molecule has 0 saturated heterocycles. The number of hydrogen-bond donors (Lipinski definition) is 1. The third-order valence-electron chi connectivity index (χ3n) is 9.79. The van der Waals surface area contributed by atoms with Crippen molar-refractivity contribution in [3.8, 4) is 0 Å². The van der Waals surface area contributed by atoms with Gasteiger partial charge in [-0.15, -0.1) is 0 Å². The molecule has 4 aliphatic carbocycles. The molecule has 0 spiro atoms. The molecule has 0 amide bonds. The maximum atomic E-state index is 13.7. The molecule has 148 valence electrons. The average Bonchev–Trinajstić information content (AvgIpc) is 2.81. The second-order valence-electron chi connectivity index (χ2n) is 10.5. The minimum atomic E-state index is -4.56. The van der Waals surface area contributed by atoms with Gasteiger partial charge < -0.3 is 5.11 Å². The van der Waals surface area contributed by atoms with Gasteiger partial charge in [-0.3, -0.25) is 4.79 Å². The fourth-order valence-electron chi connectivity index (χ4n) is 7.88. The summed E-state index contributed by atoms with van der Waals surface area (Å²) in [7, 11) is 0. The maximum absolute atomic E-state index is 13.7. The molecule has 4 aliphatic rings. The number of carbonyl (C=O) groups is 1. The summed E-state index contributed by atoms with van der Waals surface area (Å²) in [6, 6.07) is 0. The Labute approximate surface area is 153 Å². The van der Waals surface area contributed by atoms with Gasteiger partial charge >= 0.3 is 6.18 Å². The number of alkyl halides is 3. The van der Waals surface area contributed by atoms with Crippen LogP contribution in [0.25, 0.3) is 0 Å². The first-order valence-electron chi connectivity index (χ1n) is 10.2. The second kappa shape index (κ2) is 5.27. The van der Waals surface area contributed by atoms with E-state index < -0.39 is 17.2 Å². The molecule has 4 saturated carbocycles. The molecule has 0 aromatic heterocycles.